The fraction of sp³-hybridized carbons (Fsp3) is 0.200. The smallest absolute Gasteiger partial charge is 0.206 e. The average molecular weight is 583 g/mol. The van der Waals surface area contributed by atoms with E-state index >= 15 is 0 Å². The Hall–Kier alpha value is -4.02. The van der Waals surface area contributed by atoms with E-state index in [-0.39, 0.29) is 31.4 Å². The zero-order valence-corrected chi connectivity index (χ0v) is 23.7. The molecule has 0 aliphatic carbocycles. The van der Waals surface area contributed by atoms with Gasteiger partial charge in [-0.15, -0.1) is 0 Å². The zero-order chi connectivity index (χ0) is 28.8. The first kappa shape index (κ1) is 29.0. The molecule has 0 aliphatic rings. The lowest BCUT2D eigenvalue weighted by Crippen LogP contribution is -2.07. The van der Waals surface area contributed by atoms with Gasteiger partial charge >= 0.3 is 0 Å². The summed E-state index contributed by atoms with van der Waals surface area (Å²) in [5, 5.41) is 9.37. The summed E-state index contributed by atoms with van der Waals surface area (Å²) in [5.74, 6) is 1.65. The molecule has 1 N–H and O–H groups in total. The predicted octanol–water partition coefficient (Wildman–Crippen LogP) is 5.69. The van der Waals surface area contributed by atoms with E-state index in [2.05, 4.69) is 0 Å². The maximum atomic E-state index is 12.9. The van der Waals surface area contributed by atoms with Gasteiger partial charge in [-0.2, -0.15) is 0 Å². The number of ether oxygens (including phenoxy) is 3. The fourth-order valence-corrected chi connectivity index (χ4v) is 6.26. The number of aromatic hydroxyl groups is 1. The minimum atomic E-state index is -3.70. The van der Waals surface area contributed by atoms with Crippen LogP contribution in [0.5, 0.6) is 23.0 Å². The average Bonchev–Trinajstić information content (AvgIpc) is 2.93. The molecule has 0 saturated carbocycles. The number of phenols is 1. The summed E-state index contributed by atoms with van der Waals surface area (Å²) in [6.45, 7) is 4.49. The Balaban J connectivity index is 1.25. The summed E-state index contributed by atoms with van der Waals surface area (Å²) in [4.78, 5) is 0.557. The quantitative estimate of drug-likeness (QED) is 0.212. The Morgan fingerprint density at radius 3 is 1.23 bits per heavy atom. The summed E-state index contributed by atoms with van der Waals surface area (Å²) in [7, 11) is -7.37. The van der Waals surface area contributed by atoms with Crippen molar-refractivity contribution >= 4 is 19.7 Å². The Kier molecular flexibility index (Phi) is 9.01. The lowest BCUT2D eigenvalue weighted by molar-refractivity contribution is 0.242. The largest absolute Gasteiger partial charge is 0.508 e. The van der Waals surface area contributed by atoms with E-state index in [1.165, 1.54) is 60.7 Å². The molecule has 10 heteroatoms. The molecule has 0 bridgehead atoms. The first-order valence-corrected chi connectivity index (χ1v) is 15.5. The van der Waals surface area contributed by atoms with Crippen molar-refractivity contribution in [2.75, 3.05) is 13.2 Å². The monoisotopic (exact) mass is 582 g/mol. The molecule has 40 heavy (non-hydrogen) atoms. The minimum Gasteiger partial charge on any atom is -0.508 e. The third-order valence-electron chi connectivity index (χ3n) is 5.75. The second-order valence-corrected chi connectivity index (χ2v) is 13.0. The second-order valence-electron chi connectivity index (χ2n) is 9.13. The molecule has 0 spiro atoms. The third-order valence-corrected chi connectivity index (χ3v) is 9.32. The first-order valence-electron chi connectivity index (χ1n) is 12.6. The van der Waals surface area contributed by atoms with Gasteiger partial charge in [0.05, 0.1) is 38.9 Å². The normalized spacial score (nSPS) is 11.8. The number of benzene rings is 4. The van der Waals surface area contributed by atoms with Crippen molar-refractivity contribution in [2.24, 2.45) is 0 Å². The van der Waals surface area contributed by atoms with E-state index in [1.54, 1.807) is 36.4 Å². The van der Waals surface area contributed by atoms with Gasteiger partial charge in [-0.25, -0.2) is 16.8 Å². The molecule has 0 fully saturated rings. The second kappa shape index (κ2) is 12.4. The molecule has 0 aromatic heterocycles. The van der Waals surface area contributed by atoms with Gasteiger partial charge in [-0.3, -0.25) is 0 Å². The van der Waals surface area contributed by atoms with Gasteiger partial charge in [0.1, 0.15) is 23.0 Å². The van der Waals surface area contributed by atoms with Crippen LogP contribution < -0.4 is 14.2 Å². The van der Waals surface area contributed by atoms with Gasteiger partial charge < -0.3 is 19.3 Å². The minimum absolute atomic E-state index is 0.00228. The van der Waals surface area contributed by atoms with Crippen molar-refractivity contribution < 1.29 is 36.2 Å². The number of rotatable bonds is 12. The Morgan fingerprint density at radius 1 is 0.550 bits per heavy atom. The predicted molar refractivity (Wildman–Crippen MR) is 150 cm³/mol. The molecular weight excluding hydrogens is 552 g/mol. The Bertz CT molecular complexity index is 1610. The van der Waals surface area contributed by atoms with E-state index in [0.29, 0.717) is 36.9 Å². The first-order chi connectivity index (χ1) is 19.1. The fourth-order valence-electron chi connectivity index (χ4n) is 3.74. The molecule has 0 unspecified atom stereocenters. The van der Waals surface area contributed by atoms with Crippen LogP contribution in [0.25, 0.3) is 0 Å². The van der Waals surface area contributed by atoms with Crippen LogP contribution in [-0.2, 0) is 19.7 Å². The highest BCUT2D eigenvalue weighted by molar-refractivity contribution is 7.91. The van der Waals surface area contributed by atoms with Crippen LogP contribution in [0.1, 0.15) is 20.3 Å². The lowest BCUT2D eigenvalue weighted by atomic mass is 10.3. The standard InChI is InChI=1S/C30H30O8S2/c1-22(2)38-26-10-18-30(19-11-26)40(34,35)29-16-8-25(9-17-29)37-21-3-20-36-24-6-14-28(15-7-24)39(32,33)27-12-4-23(31)5-13-27/h4-19,22,31H,3,20-21H2,1-2H3. The van der Waals surface area contributed by atoms with Crippen molar-refractivity contribution in [3.05, 3.63) is 97.1 Å². The summed E-state index contributed by atoms with van der Waals surface area (Å²) in [5.41, 5.74) is 0. The van der Waals surface area contributed by atoms with Crippen LogP contribution in [0.3, 0.4) is 0 Å². The molecule has 8 nitrogen and oxygen atoms in total. The molecule has 4 aromatic carbocycles. The van der Waals surface area contributed by atoms with Gasteiger partial charge in [-0.05, 0) is 111 Å². The van der Waals surface area contributed by atoms with Crippen molar-refractivity contribution in [3.8, 4) is 23.0 Å². The van der Waals surface area contributed by atoms with Crippen molar-refractivity contribution in [1.82, 2.24) is 0 Å². The zero-order valence-electron chi connectivity index (χ0n) is 22.1. The molecule has 4 aromatic rings. The Morgan fingerprint density at radius 2 is 0.875 bits per heavy atom. The summed E-state index contributed by atoms with van der Waals surface area (Å²) in [6.07, 6.45) is 0.552. The third kappa shape index (κ3) is 7.13. The maximum absolute atomic E-state index is 12.9. The number of hydrogen-bond acceptors (Lipinski definition) is 8. The highest BCUT2D eigenvalue weighted by Crippen LogP contribution is 2.26. The van der Waals surface area contributed by atoms with Gasteiger partial charge in [0, 0.05) is 6.42 Å². The van der Waals surface area contributed by atoms with Crippen LogP contribution in [0.4, 0.5) is 0 Å². The van der Waals surface area contributed by atoms with Crippen LogP contribution in [0.2, 0.25) is 0 Å². The van der Waals surface area contributed by atoms with E-state index in [4.69, 9.17) is 14.2 Å². The molecule has 210 valence electrons. The van der Waals surface area contributed by atoms with Crippen LogP contribution in [-0.4, -0.2) is 41.3 Å². The van der Waals surface area contributed by atoms with E-state index in [1.807, 2.05) is 13.8 Å². The number of hydrogen-bond donors (Lipinski definition) is 1. The highest BCUT2D eigenvalue weighted by atomic mass is 32.2. The summed E-state index contributed by atoms with van der Waals surface area (Å²) in [6, 6.07) is 24.0. The van der Waals surface area contributed by atoms with Crippen LogP contribution >= 0.6 is 0 Å². The molecule has 0 atom stereocenters. The van der Waals surface area contributed by atoms with Crippen LogP contribution in [0, 0.1) is 0 Å². The van der Waals surface area contributed by atoms with E-state index < -0.39 is 19.7 Å². The van der Waals surface area contributed by atoms with Gasteiger partial charge in [0.2, 0.25) is 19.7 Å². The molecule has 0 heterocycles. The van der Waals surface area contributed by atoms with Gasteiger partial charge in [0.15, 0.2) is 0 Å². The molecule has 4 rings (SSSR count). The van der Waals surface area contributed by atoms with E-state index in [9.17, 15) is 21.9 Å². The summed E-state index contributed by atoms with van der Waals surface area (Å²) >= 11 is 0. The highest BCUT2D eigenvalue weighted by Gasteiger charge is 2.19. The van der Waals surface area contributed by atoms with E-state index in [0.717, 1.165) is 0 Å². The molecular formula is C30H30O8S2. The lowest BCUT2D eigenvalue weighted by Gasteiger charge is -2.11. The van der Waals surface area contributed by atoms with Crippen LogP contribution in [0.15, 0.2) is 117 Å². The van der Waals surface area contributed by atoms with Gasteiger partial charge in [0.25, 0.3) is 0 Å². The SMILES string of the molecule is CC(C)Oc1ccc(S(=O)(=O)c2ccc(OCCCOc3ccc(S(=O)(=O)c4ccc(O)cc4)cc3)cc2)cc1. The summed E-state index contributed by atoms with van der Waals surface area (Å²) < 4.78 is 68.2. The number of sulfone groups is 2. The molecule has 0 amide bonds. The maximum Gasteiger partial charge on any atom is 0.206 e. The molecule has 0 radical (unpaired) electrons. The van der Waals surface area contributed by atoms with Crippen molar-refractivity contribution in [2.45, 2.75) is 46.0 Å². The number of phenolic OH excluding ortho intramolecular Hbond substituents is 1. The Labute approximate surface area is 234 Å². The van der Waals surface area contributed by atoms with Crippen molar-refractivity contribution in [3.63, 3.8) is 0 Å². The van der Waals surface area contributed by atoms with Gasteiger partial charge in [-0.1, -0.05) is 0 Å². The topological polar surface area (TPSA) is 116 Å². The molecule has 0 aliphatic heterocycles. The van der Waals surface area contributed by atoms with Crippen molar-refractivity contribution in [1.29, 1.82) is 0 Å². The molecule has 0 saturated heterocycles.